The van der Waals surface area contributed by atoms with E-state index in [9.17, 15) is 18.5 Å². The minimum atomic E-state index is -0.860. The molecule has 1 aliphatic heterocycles. The molecule has 0 aliphatic carbocycles. The predicted octanol–water partition coefficient (Wildman–Crippen LogP) is 4.51. The molecule has 0 saturated heterocycles. The van der Waals surface area contributed by atoms with Crippen LogP contribution in [0, 0.1) is 5.82 Å². The molecule has 0 atom stereocenters. The average Bonchev–Trinajstić information content (AvgIpc) is 2.69. The lowest BCUT2D eigenvalue weighted by Gasteiger charge is -2.20. The van der Waals surface area contributed by atoms with E-state index in [2.05, 4.69) is 9.68 Å². The second-order valence-electron chi connectivity index (χ2n) is 5.68. The van der Waals surface area contributed by atoms with Gasteiger partial charge in [-0.05, 0) is 35.9 Å². The Kier molecular flexibility index (Phi) is 4.04. The molecule has 1 heterocycles. The zero-order valence-corrected chi connectivity index (χ0v) is 13.6. The molecule has 3 aromatic carbocycles. The Hall–Kier alpha value is -3.74. The monoisotopic (exact) mass is 368 g/mol. The van der Waals surface area contributed by atoms with Crippen LogP contribution in [0.15, 0.2) is 60.7 Å². The second kappa shape index (κ2) is 6.53. The van der Waals surface area contributed by atoms with Gasteiger partial charge >= 0.3 is 11.9 Å². The van der Waals surface area contributed by atoms with Crippen LogP contribution < -0.4 is 14.4 Å². The largest absolute Gasteiger partial charge is 0.422 e. The summed E-state index contributed by atoms with van der Waals surface area (Å²) in [7, 11) is 0. The van der Waals surface area contributed by atoms with E-state index in [0.29, 0.717) is 11.1 Å². The standard InChI is InChI=1S/C20H10F2O5/c21-14-8-9-15(17-18(14)26-20(17)24)25-19(23)12-6-7-13(16(10-12)27-22)11-4-2-1-3-5-11/h1-10H. The zero-order chi connectivity index (χ0) is 19.0. The van der Waals surface area contributed by atoms with Crippen molar-refractivity contribution in [2.75, 3.05) is 0 Å². The van der Waals surface area contributed by atoms with Crippen molar-refractivity contribution in [2.45, 2.75) is 0 Å². The number of carbonyl (C=O) groups excluding carboxylic acids is 2. The topological polar surface area (TPSA) is 61.8 Å². The molecule has 0 fully saturated rings. The second-order valence-corrected chi connectivity index (χ2v) is 5.68. The number of halogens is 2. The molecule has 27 heavy (non-hydrogen) atoms. The third-order valence-electron chi connectivity index (χ3n) is 4.06. The van der Waals surface area contributed by atoms with Gasteiger partial charge in [0.2, 0.25) is 0 Å². The molecule has 0 radical (unpaired) electrons. The highest BCUT2D eigenvalue weighted by Gasteiger charge is 2.35. The molecule has 0 N–H and O–H groups in total. The summed E-state index contributed by atoms with van der Waals surface area (Å²) in [4.78, 5) is 27.7. The van der Waals surface area contributed by atoms with Crippen LogP contribution >= 0.6 is 0 Å². The SMILES string of the molecule is O=C(Oc1ccc(F)c2c1C(=O)O2)c1ccc(-c2ccccc2)c(OF)c1. The maximum absolute atomic E-state index is 13.5. The molecule has 0 spiro atoms. The highest BCUT2D eigenvalue weighted by atomic mass is 19.3. The summed E-state index contributed by atoms with van der Waals surface area (Å²) in [5, 5.41) is 0. The molecule has 3 aromatic rings. The van der Waals surface area contributed by atoms with Gasteiger partial charge in [0.15, 0.2) is 17.3 Å². The smallest absolute Gasteiger partial charge is 0.351 e. The lowest BCUT2D eigenvalue weighted by Crippen LogP contribution is -2.24. The summed E-state index contributed by atoms with van der Waals surface area (Å²) in [5.74, 6) is -2.95. The molecular weight excluding hydrogens is 358 g/mol. The van der Waals surface area contributed by atoms with E-state index in [1.807, 2.05) is 6.07 Å². The first-order valence-corrected chi connectivity index (χ1v) is 7.83. The fraction of sp³-hybridized carbons (Fsp3) is 0. The van der Waals surface area contributed by atoms with Crippen molar-refractivity contribution in [3.8, 4) is 28.4 Å². The van der Waals surface area contributed by atoms with E-state index in [1.54, 1.807) is 24.3 Å². The Labute approximate surface area is 151 Å². The van der Waals surface area contributed by atoms with Gasteiger partial charge in [-0.2, -0.15) is 0 Å². The van der Waals surface area contributed by atoms with E-state index >= 15 is 0 Å². The summed E-state index contributed by atoms with van der Waals surface area (Å²) in [6.07, 6.45) is 0. The van der Waals surface area contributed by atoms with E-state index in [0.717, 1.165) is 12.1 Å². The predicted molar refractivity (Wildman–Crippen MR) is 89.9 cm³/mol. The van der Waals surface area contributed by atoms with Crippen molar-refractivity contribution < 1.29 is 32.9 Å². The molecule has 134 valence electrons. The van der Waals surface area contributed by atoms with Crippen molar-refractivity contribution in [1.29, 1.82) is 0 Å². The van der Waals surface area contributed by atoms with Gasteiger partial charge in [0.05, 0.1) is 5.56 Å². The fourth-order valence-corrected chi connectivity index (χ4v) is 2.74. The van der Waals surface area contributed by atoms with Gasteiger partial charge in [-0.3, -0.25) is 4.94 Å². The summed E-state index contributed by atoms with van der Waals surface area (Å²) >= 11 is 0. The van der Waals surface area contributed by atoms with Crippen LogP contribution in [0.3, 0.4) is 0 Å². The third-order valence-corrected chi connectivity index (χ3v) is 4.06. The number of fused-ring (bicyclic) bond motifs is 1. The summed E-state index contributed by atoms with van der Waals surface area (Å²) < 4.78 is 36.2. The first-order chi connectivity index (χ1) is 13.1. The van der Waals surface area contributed by atoms with Crippen molar-refractivity contribution in [3.63, 3.8) is 0 Å². The summed E-state index contributed by atoms with van der Waals surface area (Å²) in [5.41, 5.74) is 0.996. The Bertz CT molecular complexity index is 1060. The van der Waals surface area contributed by atoms with Crippen molar-refractivity contribution >= 4 is 11.9 Å². The number of esters is 2. The summed E-state index contributed by atoms with van der Waals surface area (Å²) in [6.45, 7) is 0. The quantitative estimate of drug-likeness (QED) is 0.501. The lowest BCUT2D eigenvalue weighted by atomic mass is 10.0. The van der Waals surface area contributed by atoms with Crippen LogP contribution in [0.2, 0.25) is 0 Å². The van der Waals surface area contributed by atoms with Crippen LogP contribution in [0.25, 0.3) is 11.1 Å². The molecule has 0 amide bonds. The minimum Gasteiger partial charge on any atom is -0.422 e. The number of carbonyl (C=O) groups is 2. The van der Waals surface area contributed by atoms with E-state index in [1.165, 1.54) is 18.2 Å². The highest BCUT2D eigenvalue weighted by Crippen LogP contribution is 2.39. The van der Waals surface area contributed by atoms with Crippen molar-refractivity contribution in [3.05, 3.63) is 77.6 Å². The van der Waals surface area contributed by atoms with Crippen LogP contribution in [-0.4, -0.2) is 11.9 Å². The first kappa shape index (κ1) is 16.7. The Balaban J connectivity index is 1.64. The van der Waals surface area contributed by atoms with E-state index in [-0.39, 0.29) is 28.4 Å². The van der Waals surface area contributed by atoms with Crippen LogP contribution in [0.1, 0.15) is 20.7 Å². The maximum Gasteiger partial charge on any atom is 0.351 e. The van der Waals surface area contributed by atoms with Crippen LogP contribution in [0.5, 0.6) is 17.2 Å². The Morgan fingerprint density at radius 1 is 0.963 bits per heavy atom. The highest BCUT2D eigenvalue weighted by molar-refractivity contribution is 6.05. The minimum absolute atomic E-state index is 0.00639. The molecule has 0 saturated carbocycles. The van der Waals surface area contributed by atoms with Crippen molar-refractivity contribution in [2.24, 2.45) is 0 Å². The molecule has 0 aromatic heterocycles. The van der Waals surface area contributed by atoms with Crippen LogP contribution in [0.4, 0.5) is 8.92 Å². The number of ether oxygens (including phenoxy) is 2. The number of hydrogen-bond acceptors (Lipinski definition) is 5. The number of rotatable bonds is 4. The van der Waals surface area contributed by atoms with Gasteiger partial charge in [0.25, 0.3) is 0 Å². The molecule has 0 bridgehead atoms. The fourth-order valence-electron chi connectivity index (χ4n) is 2.74. The molecule has 7 heteroatoms. The molecule has 0 unspecified atom stereocenters. The Morgan fingerprint density at radius 2 is 1.74 bits per heavy atom. The van der Waals surface area contributed by atoms with Gasteiger partial charge in [0, 0.05) is 10.1 Å². The van der Waals surface area contributed by atoms with Crippen LogP contribution in [-0.2, 0) is 0 Å². The third kappa shape index (κ3) is 2.89. The molecule has 5 nitrogen and oxygen atoms in total. The molecule has 1 aliphatic rings. The lowest BCUT2D eigenvalue weighted by molar-refractivity contribution is -0.00556. The van der Waals surface area contributed by atoms with Gasteiger partial charge in [-0.1, -0.05) is 30.3 Å². The summed E-state index contributed by atoms with van der Waals surface area (Å²) in [6, 6.07) is 15.2. The van der Waals surface area contributed by atoms with Gasteiger partial charge < -0.3 is 9.47 Å². The van der Waals surface area contributed by atoms with Gasteiger partial charge in [0.1, 0.15) is 11.3 Å². The van der Waals surface area contributed by atoms with Gasteiger partial charge in [-0.25, -0.2) is 14.0 Å². The molecular formula is C20H10F2O5. The normalized spacial score (nSPS) is 11.9. The van der Waals surface area contributed by atoms with Gasteiger partial charge in [-0.15, -0.1) is 0 Å². The zero-order valence-electron chi connectivity index (χ0n) is 13.6. The van der Waals surface area contributed by atoms with E-state index in [4.69, 9.17) is 4.74 Å². The number of hydrogen-bond donors (Lipinski definition) is 0. The van der Waals surface area contributed by atoms with Crippen molar-refractivity contribution in [1.82, 2.24) is 0 Å². The number of benzene rings is 3. The first-order valence-electron chi connectivity index (χ1n) is 7.83. The van der Waals surface area contributed by atoms with E-state index < -0.39 is 17.8 Å². The maximum atomic E-state index is 13.5. The Morgan fingerprint density at radius 3 is 2.44 bits per heavy atom. The molecule has 4 rings (SSSR count). The average molecular weight is 368 g/mol.